The van der Waals surface area contributed by atoms with Crippen LogP contribution in [0.1, 0.15) is 25.3 Å². The second kappa shape index (κ2) is 8.67. The number of rotatable bonds is 8. The molecule has 0 aliphatic rings. The maximum absolute atomic E-state index is 11.9. The molecule has 0 fully saturated rings. The van der Waals surface area contributed by atoms with E-state index in [9.17, 15) is 9.90 Å². The molecule has 0 aromatic heterocycles. The Morgan fingerprint density at radius 1 is 1.26 bits per heavy atom. The lowest BCUT2D eigenvalue weighted by Gasteiger charge is -2.19. The van der Waals surface area contributed by atoms with Crippen LogP contribution in [0.15, 0.2) is 30.3 Å². The monoisotopic (exact) mass is 265 g/mol. The summed E-state index contributed by atoms with van der Waals surface area (Å²) in [4.78, 5) is 14.1. The van der Waals surface area contributed by atoms with Gasteiger partial charge in [0.05, 0.1) is 6.61 Å². The summed E-state index contributed by atoms with van der Waals surface area (Å²) in [7, 11) is 0. The summed E-state index contributed by atoms with van der Waals surface area (Å²) < 4.78 is 5.24. The van der Waals surface area contributed by atoms with Gasteiger partial charge in [0.2, 0.25) is 0 Å². The minimum absolute atomic E-state index is 0.228. The smallest absolute Gasteiger partial charge is 0.315 e. The predicted molar refractivity (Wildman–Crippen MR) is 75.0 cm³/mol. The molecule has 1 atom stereocenters. The molecule has 1 rings (SSSR count). The first-order valence-corrected chi connectivity index (χ1v) is 6.77. The quantitative estimate of drug-likeness (QED) is 0.726. The third-order valence-electron chi connectivity index (χ3n) is 3.22. The minimum atomic E-state index is -0.585. The van der Waals surface area contributed by atoms with E-state index in [0.717, 1.165) is 25.2 Å². The number of nitrogens with zero attached hydrogens (tertiary/aromatic N) is 1. The third-order valence-corrected chi connectivity index (χ3v) is 3.22. The molecule has 0 saturated carbocycles. The molecule has 19 heavy (non-hydrogen) atoms. The Morgan fingerprint density at radius 3 is 2.42 bits per heavy atom. The van der Waals surface area contributed by atoms with Crippen LogP contribution >= 0.6 is 0 Å². The number of aliphatic hydroxyl groups is 1. The van der Waals surface area contributed by atoms with Crippen LogP contribution in [0.5, 0.6) is 0 Å². The molecule has 0 spiro atoms. The number of likely N-dealkylation sites (N-methyl/N-ethyl adjacent to an activating group) is 1. The van der Waals surface area contributed by atoms with Gasteiger partial charge in [0.1, 0.15) is 12.5 Å². The van der Waals surface area contributed by atoms with E-state index >= 15 is 0 Å². The summed E-state index contributed by atoms with van der Waals surface area (Å²) in [5, 5.41) is 9.34. The number of benzene rings is 1. The van der Waals surface area contributed by atoms with Crippen LogP contribution in [0, 0.1) is 0 Å². The molecule has 0 radical (unpaired) electrons. The molecule has 1 N–H and O–H groups in total. The van der Waals surface area contributed by atoms with Gasteiger partial charge in [-0.1, -0.05) is 44.2 Å². The molecule has 0 unspecified atom stereocenters. The van der Waals surface area contributed by atoms with Crippen LogP contribution < -0.4 is 0 Å². The average molecular weight is 265 g/mol. The summed E-state index contributed by atoms with van der Waals surface area (Å²) in [5.74, 6) is -0.946. The number of esters is 1. The van der Waals surface area contributed by atoms with Gasteiger partial charge in [0.15, 0.2) is 0 Å². The van der Waals surface area contributed by atoms with E-state index in [1.54, 1.807) is 0 Å². The highest BCUT2D eigenvalue weighted by Crippen LogP contribution is 2.16. The molecule has 1 aromatic rings. The van der Waals surface area contributed by atoms with Crippen molar-refractivity contribution in [2.24, 2.45) is 0 Å². The fourth-order valence-electron chi connectivity index (χ4n) is 1.92. The molecule has 4 heteroatoms. The molecule has 0 aliphatic heterocycles. The van der Waals surface area contributed by atoms with Gasteiger partial charge in [-0.3, -0.25) is 4.79 Å². The Balaban J connectivity index is 2.47. The lowest BCUT2D eigenvalue weighted by molar-refractivity contribution is -0.146. The second-order valence-corrected chi connectivity index (χ2v) is 4.34. The molecule has 0 saturated heterocycles. The SMILES string of the molecule is CCN(CC)CCOC(=O)[C@@H](CO)c1ccccc1. The fraction of sp³-hybridized carbons (Fsp3) is 0.533. The van der Waals surface area contributed by atoms with Gasteiger partial charge in [-0.2, -0.15) is 0 Å². The molecule has 106 valence electrons. The van der Waals surface area contributed by atoms with E-state index in [0.29, 0.717) is 6.61 Å². The third kappa shape index (κ3) is 5.01. The summed E-state index contributed by atoms with van der Waals surface area (Å²) in [6, 6.07) is 9.23. The lowest BCUT2D eigenvalue weighted by Crippen LogP contribution is -2.29. The van der Waals surface area contributed by atoms with Crippen LogP contribution in [0.25, 0.3) is 0 Å². The zero-order valence-corrected chi connectivity index (χ0v) is 11.7. The average Bonchev–Trinajstić information content (AvgIpc) is 2.45. The van der Waals surface area contributed by atoms with Gasteiger partial charge in [0.25, 0.3) is 0 Å². The Labute approximate surface area is 115 Å². The Morgan fingerprint density at radius 2 is 1.89 bits per heavy atom. The van der Waals surface area contributed by atoms with Gasteiger partial charge in [0, 0.05) is 6.54 Å². The van der Waals surface area contributed by atoms with Gasteiger partial charge in [-0.05, 0) is 18.7 Å². The summed E-state index contributed by atoms with van der Waals surface area (Å²) in [6.07, 6.45) is 0. The van der Waals surface area contributed by atoms with Crippen LogP contribution in [-0.4, -0.2) is 48.8 Å². The Kier molecular flexibility index (Phi) is 7.15. The van der Waals surface area contributed by atoms with E-state index in [1.807, 2.05) is 30.3 Å². The number of hydrogen-bond donors (Lipinski definition) is 1. The van der Waals surface area contributed by atoms with Crippen LogP contribution in [0.3, 0.4) is 0 Å². The fourth-order valence-corrected chi connectivity index (χ4v) is 1.92. The van der Waals surface area contributed by atoms with Gasteiger partial charge < -0.3 is 14.7 Å². The minimum Gasteiger partial charge on any atom is -0.464 e. The van der Waals surface area contributed by atoms with Gasteiger partial charge >= 0.3 is 5.97 Å². The normalized spacial score (nSPS) is 12.4. The van der Waals surface area contributed by atoms with Crippen LogP contribution in [-0.2, 0) is 9.53 Å². The highest BCUT2D eigenvalue weighted by atomic mass is 16.5. The maximum atomic E-state index is 11.9. The van der Waals surface area contributed by atoms with E-state index in [4.69, 9.17) is 4.74 Å². The summed E-state index contributed by atoms with van der Waals surface area (Å²) in [5.41, 5.74) is 0.790. The van der Waals surface area contributed by atoms with Crippen molar-refractivity contribution in [3.63, 3.8) is 0 Å². The number of aliphatic hydroxyl groups excluding tert-OH is 1. The number of hydrogen-bond acceptors (Lipinski definition) is 4. The maximum Gasteiger partial charge on any atom is 0.315 e. The Bertz CT molecular complexity index is 363. The van der Waals surface area contributed by atoms with E-state index in [2.05, 4.69) is 18.7 Å². The van der Waals surface area contributed by atoms with Gasteiger partial charge in [-0.15, -0.1) is 0 Å². The van der Waals surface area contributed by atoms with Gasteiger partial charge in [-0.25, -0.2) is 0 Å². The summed E-state index contributed by atoms with van der Waals surface area (Å²) >= 11 is 0. The molecular weight excluding hydrogens is 242 g/mol. The molecule has 4 nitrogen and oxygen atoms in total. The predicted octanol–water partition coefficient (Wildman–Crippen LogP) is 1.65. The molecule has 0 heterocycles. The number of carbonyl (C=O) groups excluding carboxylic acids is 1. The van der Waals surface area contributed by atoms with Crippen molar-refractivity contribution in [2.45, 2.75) is 19.8 Å². The molecular formula is C15H23NO3. The van der Waals surface area contributed by atoms with Crippen LogP contribution in [0.2, 0.25) is 0 Å². The van der Waals surface area contributed by atoms with Crippen molar-refractivity contribution in [3.05, 3.63) is 35.9 Å². The lowest BCUT2D eigenvalue weighted by atomic mass is 10.0. The van der Waals surface area contributed by atoms with Crippen molar-refractivity contribution in [1.29, 1.82) is 0 Å². The Hall–Kier alpha value is -1.39. The van der Waals surface area contributed by atoms with Crippen molar-refractivity contribution in [1.82, 2.24) is 4.90 Å². The first-order chi connectivity index (χ1) is 9.22. The zero-order valence-electron chi connectivity index (χ0n) is 11.7. The molecule has 0 bridgehead atoms. The highest BCUT2D eigenvalue weighted by Gasteiger charge is 2.21. The standard InChI is InChI=1S/C15H23NO3/c1-3-16(4-2)10-11-19-15(18)14(12-17)13-8-6-5-7-9-13/h5-9,14,17H,3-4,10-12H2,1-2H3/t14-/m0/s1. The van der Waals surface area contributed by atoms with E-state index < -0.39 is 5.92 Å². The molecule has 0 amide bonds. The largest absolute Gasteiger partial charge is 0.464 e. The van der Waals surface area contributed by atoms with E-state index in [-0.39, 0.29) is 12.6 Å². The zero-order chi connectivity index (χ0) is 14.1. The molecule has 0 aliphatic carbocycles. The topological polar surface area (TPSA) is 49.8 Å². The van der Waals surface area contributed by atoms with Crippen LogP contribution in [0.4, 0.5) is 0 Å². The highest BCUT2D eigenvalue weighted by molar-refractivity contribution is 5.78. The number of ether oxygens (including phenoxy) is 1. The van der Waals surface area contributed by atoms with Crippen molar-refractivity contribution in [2.75, 3.05) is 32.8 Å². The summed E-state index contributed by atoms with van der Waals surface area (Å²) in [6.45, 7) is 6.90. The van der Waals surface area contributed by atoms with Crippen molar-refractivity contribution in [3.8, 4) is 0 Å². The number of carbonyl (C=O) groups is 1. The first-order valence-electron chi connectivity index (χ1n) is 6.77. The molecule has 1 aromatic carbocycles. The van der Waals surface area contributed by atoms with E-state index in [1.165, 1.54) is 0 Å². The van der Waals surface area contributed by atoms with Crippen molar-refractivity contribution < 1.29 is 14.6 Å². The van der Waals surface area contributed by atoms with Crippen molar-refractivity contribution >= 4 is 5.97 Å². The second-order valence-electron chi connectivity index (χ2n) is 4.34. The first kappa shape index (κ1) is 15.7.